The van der Waals surface area contributed by atoms with Crippen molar-refractivity contribution in [2.45, 2.75) is 20.3 Å². The number of rotatable bonds is 6. The van der Waals surface area contributed by atoms with Crippen LogP contribution in [0.4, 0.5) is 0 Å². The third kappa shape index (κ3) is 3.80. The van der Waals surface area contributed by atoms with Gasteiger partial charge in [0.15, 0.2) is 0 Å². The third-order valence-corrected chi connectivity index (χ3v) is 5.63. The van der Waals surface area contributed by atoms with Crippen molar-refractivity contribution in [3.8, 4) is 34.3 Å². The van der Waals surface area contributed by atoms with Crippen LogP contribution in [0.3, 0.4) is 0 Å². The number of aromatic nitrogens is 3. The van der Waals surface area contributed by atoms with Crippen LogP contribution in [-0.4, -0.2) is 21.3 Å². The first-order valence-corrected chi connectivity index (χ1v) is 11.0. The minimum absolute atomic E-state index is 0.0972. The Morgan fingerprint density at radius 2 is 1.61 bits per heavy atom. The zero-order valence-corrected chi connectivity index (χ0v) is 18.5. The molecule has 0 fully saturated rings. The van der Waals surface area contributed by atoms with Gasteiger partial charge in [0, 0.05) is 22.7 Å². The number of pyridine rings is 1. The Bertz CT molecular complexity index is 1480. The summed E-state index contributed by atoms with van der Waals surface area (Å²) in [6, 6.07) is 23.0. The van der Waals surface area contributed by atoms with Crippen molar-refractivity contribution in [3.63, 3.8) is 0 Å². The second kappa shape index (κ2) is 8.74. The molecule has 6 nitrogen and oxygen atoms in total. The van der Waals surface area contributed by atoms with Gasteiger partial charge in [-0.3, -0.25) is 9.36 Å². The van der Waals surface area contributed by atoms with Crippen LogP contribution in [-0.2, 0) is 6.42 Å². The summed E-state index contributed by atoms with van der Waals surface area (Å²) in [7, 11) is 0. The molecule has 0 N–H and O–H groups in total. The van der Waals surface area contributed by atoms with Crippen molar-refractivity contribution in [2.75, 3.05) is 6.61 Å². The lowest BCUT2D eigenvalue weighted by molar-refractivity contribution is 0.341. The first-order chi connectivity index (χ1) is 16.2. The average Bonchev–Trinajstić information content (AvgIpc) is 3.35. The highest BCUT2D eigenvalue weighted by Crippen LogP contribution is 2.32. The van der Waals surface area contributed by atoms with Gasteiger partial charge in [-0.25, -0.2) is 0 Å². The number of fused-ring (bicyclic) bond motifs is 1. The normalized spacial score (nSPS) is 11.1. The van der Waals surface area contributed by atoms with Crippen molar-refractivity contribution in [1.29, 1.82) is 0 Å². The maximum absolute atomic E-state index is 13.3. The molecule has 5 aromatic rings. The highest BCUT2D eigenvalue weighted by molar-refractivity contribution is 5.94. The van der Waals surface area contributed by atoms with Gasteiger partial charge in [0.05, 0.1) is 17.7 Å². The van der Waals surface area contributed by atoms with Crippen molar-refractivity contribution in [1.82, 2.24) is 14.7 Å². The molecule has 3 aromatic carbocycles. The largest absolute Gasteiger partial charge is 0.493 e. The Kier molecular flexibility index (Phi) is 5.48. The Morgan fingerprint density at radius 1 is 0.879 bits per heavy atom. The Balaban J connectivity index is 1.68. The molecule has 0 aliphatic rings. The second-order valence-electron chi connectivity index (χ2n) is 7.64. The quantitative estimate of drug-likeness (QED) is 0.342. The van der Waals surface area contributed by atoms with E-state index in [-0.39, 0.29) is 5.56 Å². The number of nitrogens with zero attached hydrogens (tertiary/aromatic N) is 3. The van der Waals surface area contributed by atoms with Crippen LogP contribution in [0.2, 0.25) is 0 Å². The molecule has 0 saturated carbocycles. The number of hydrogen-bond acceptors (Lipinski definition) is 5. The van der Waals surface area contributed by atoms with Gasteiger partial charge in [-0.15, -0.1) is 0 Å². The molecule has 0 saturated heterocycles. The van der Waals surface area contributed by atoms with Crippen LogP contribution >= 0.6 is 0 Å². The minimum atomic E-state index is -0.0972. The topological polar surface area (TPSA) is 70.2 Å². The van der Waals surface area contributed by atoms with E-state index in [1.807, 2.05) is 79.7 Å². The maximum atomic E-state index is 13.3. The molecule has 0 bridgehead atoms. The Hall–Kier alpha value is -4.19. The molecule has 0 aliphatic heterocycles. The fraction of sp³-hybridized carbons (Fsp3) is 0.148. The molecule has 6 heteroatoms. The Labute approximate surface area is 191 Å². The van der Waals surface area contributed by atoms with Gasteiger partial charge in [0.2, 0.25) is 5.82 Å². The number of hydrogen-bond donors (Lipinski definition) is 0. The van der Waals surface area contributed by atoms with Crippen LogP contribution < -0.4 is 10.3 Å². The molecule has 0 amide bonds. The lowest BCUT2D eigenvalue weighted by Gasteiger charge is -2.11. The summed E-state index contributed by atoms with van der Waals surface area (Å²) in [4.78, 5) is 18.0. The van der Waals surface area contributed by atoms with E-state index < -0.39 is 0 Å². The smallest absolute Gasteiger partial charge is 0.262 e. The summed E-state index contributed by atoms with van der Waals surface area (Å²) in [6.45, 7) is 4.57. The third-order valence-electron chi connectivity index (χ3n) is 5.63. The zero-order valence-electron chi connectivity index (χ0n) is 18.5. The van der Waals surface area contributed by atoms with E-state index in [1.165, 1.54) is 5.56 Å². The van der Waals surface area contributed by atoms with Crippen LogP contribution in [0.1, 0.15) is 19.4 Å². The predicted molar refractivity (Wildman–Crippen MR) is 129 cm³/mol. The minimum Gasteiger partial charge on any atom is -0.493 e. The van der Waals surface area contributed by atoms with Crippen LogP contribution in [0.5, 0.6) is 5.75 Å². The van der Waals surface area contributed by atoms with Crippen LogP contribution in [0.25, 0.3) is 39.3 Å². The summed E-state index contributed by atoms with van der Waals surface area (Å²) in [6.07, 6.45) is 2.71. The zero-order chi connectivity index (χ0) is 22.8. The molecule has 0 radical (unpaired) electrons. The molecule has 0 unspecified atom stereocenters. The van der Waals surface area contributed by atoms with Crippen molar-refractivity contribution < 1.29 is 9.26 Å². The highest BCUT2D eigenvalue weighted by Gasteiger charge is 2.18. The van der Waals surface area contributed by atoms with Crippen molar-refractivity contribution in [3.05, 3.63) is 94.9 Å². The molecule has 5 rings (SSSR count). The number of benzene rings is 3. The average molecular weight is 437 g/mol. The summed E-state index contributed by atoms with van der Waals surface area (Å²) in [5.74, 6) is 1.47. The van der Waals surface area contributed by atoms with Gasteiger partial charge in [-0.2, -0.15) is 4.98 Å². The monoisotopic (exact) mass is 437 g/mol. The lowest BCUT2D eigenvalue weighted by atomic mass is 10.1. The fourth-order valence-corrected chi connectivity index (χ4v) is 3.92. The highest BCUT2D eigenvalue weighted by atomic mass is 16.5. The molecule has 2 heterocycles. The SMILES string of the molecule is CCOc1ccccc1-c1noc(-c2cn(-c3ccc(CC)cc3)c(=O)c3ccccc23)n1. The molecule has 0 aliphatic carbocycles. The first kappa shape index (κ1) is 20.7. The molecule has 33 heavy (non-hydrogen) atoms. The van der Waals surface area contributed by atoms with Crippen molar-refractivity contribution >= 4 is 10.8 Å². The maximum Gasteiger partial charge on any atom is 0.262 e. The number of ether oxygens (including phenoxy) is 1. The van der Waals surface area contributed by atoms with Crippen molar-refractivity contribution in [2.24, 2.45) is 0 Å². The van der Waals surface area contributed by atoms with E-state index >= 15 is 0 Å². The summed E-state index contributed by atoms with van der Waals surface area (Å²) in [5.41, 5.74) is 3.34. The molecule has 2 aromatic heterocycles. The van der Waals surface area contributed by atoms with E-state index in [4.69, 9.17) is 9.26 Å². The van der Waals surface area contributed by atoms with Crippen LogP contribution in [0.15, 0.2) is 88.3 Å². The lowest BCUT2D eigenvalue weighted by Crippen LogP contribution is -2.18. The second-order valence-corrected chi connectivity index (χ2v) is 7.64. The Morgan fingerprint density at radius 3 is 2.36 bits per heavy atom. The summed E-state index contributed by atoms with van der Waals surface area (Å²) < 4.78 is 13.0. The number of aryl methyl sites for hydroxylation is 1. The van der Waals surface area contributed by atoms with E-state index in [2.05, 4.69) is 17.1 Å². The fourth-order valence-electron chi connectivity index (χ4n) is 3.92. The molecule has 0 atom stereocenters. The summed E-state index contributed by atoms with van der Waals surface area (Å²) >= 11 is 0. The van der Waals surface area contributed by atoms with Gasteiger partial charge >= 0.3 is 0 Å². The van der Waals surface area contributed by atoms with Gasteiger partial charge in [-0.05, 0) is 49.2 Å². The van der Waals surface area contributed by atoms with E-state index in [0.29, 0.717) is 35.0 Å². The van der Waals surface area contributed by atoms with Gasteiger partial charge < -0.3 is 9.26 Å². The van der Waals surface area contributed by atoms with Gasteiger partial charge in [0.1, 0.15) is 5.75 Å². The van der Waals surface area contributed by atoms with E-state index in [0.717, 1.165) is 23.1 Å². The molecule has 0 spiro atoms. The van der Waals surface area contributed by atoms with Crippen LogP contribution in [0, 0.1) is 0 Å². The number of para-hydroxylation sites is 1. The van der Waals surface area contributed by atoms with Gasteiger partial charge in [-0.1, -0.05) is 54.5 Å². The predicted octanol–water partition coefficient (Wildman–Crippen LogP) is 5.67. The molecular weight excluding hydrogens is 414 g/mol. The molecular formula is C27H23N3O3. The molecule has 164 valence electrons. The van der Waals surface area contributed by atoms with E-state index in [9.17, 15) is 4.79 Å². The summed E-state index contributed by atoms with van der Waals surface area (Å²) in [5, 5.41) is 5.55. The first-order valence-electron chi connectivity index (χ1n) is 11.0. The standard InChI is InChI=1S/C27H23N3O3/c1-3-18-13-15-19(16-14-18)30-17-23(20-9-5-6-10-21(20)27(30)31)26-28-25(29-33-26)22-11-7-8-12-24(22)32-4-2/h5-17H,3-4H2,1-2H3. The van der Waals surface area contributed by atoms with E-state index in [1.54, 1.807) is 10.8 Å². The van der Waals surface area contributed by atoms with Gasteiger partial charge in [0.25, 0.3) is 11.4 Å².